The predicted molar refractivity (Wildman–Crippen MR) is 164 cm³/mol. The van der Waals surface area contributed by atoms with E-state index < -0.39 is 0 Å². The van der Waals surface area contributed by atoms with Crippen LogP contribution in [0.3, 0.4) is 0 Å². The second-order valence-electron chi connectivity index (χ2n) is 9.92. The number of pyridine rings is 1. The standard InChI is InChI=1S/C36H26N2O/c1-25-15-18-29(19-16-25)37(30-20-17-26-9-5-6-10-27(26)23-30)31-21-22-35-33(24-31)36(39)32-13-7-8-14-34(32)38(35)28-11-3-2-4-12-28/h2-24H,1H3. The number of aromatic nitrogens is 1. The highest BCUT2D eigenvalue weighted by atomic mass is 16.1. The quantitative estimate of drug-likeness (QED) is 0.224. The molecule has 0 saturated heterocycles. The smallest absolute Gasteiger partial charge is 0.197 e. The van der Waals surface area contributed by atoms with E-state index in [0.717, 1.165) is 33.8 Å². The zero-order valence-corrected chi connectivity index (χ0v) is 21.6. The number of hydrogen-bond acceptors (Lipinski definition) is 2. The highest BCUT2D eigenvalue weighted by Crippen LogP contribution is 2.38. The van der Waals surface area contributed by atoms with Crippen molar-refractivity contribution in [2.45, 2.75) is 6.92 Å². The van der Waals surface area contributed by atoms with Crippen LogP contribution >= 0.6 is 0 Å². The minimum Gasteiger partial charge on any atom is -0.310 e. The zero-order valence-electron chi connectivity index (χ0n) is 21.6. The van der Waals surface area contributed by atoms with Gasteiger partial charge in [0.1, 0.15) is 0 Å². The Morgan fingerprint density at radius 3 is 1.95 bits per heavy atom. The summed E-state index contributed by atoms with van der Waals surface area (Å²) >= 11 is 0. The van der Waals surface area contributed by atoms with Crippen LogP contribution in [-0.2, 0) is 0 Å². The van der Waals surface area contributed by atoms with Crippen LogP contribution in [0.1, 0.15) is 5.56 Å². The van der Waals surface area contributed by atoms with E-state index >= 15 is 0 Å². The van der Waals surface area contributed by atoms with Crippen molar-refractivity contribution in [2.75, 3.05) is 4.90 Å². The van der Waals surface area contributed by atoms with Crippen molar-refractivity contribution in [1.29, 1.82) is 0 Å². The lowest BCUT2D eigenvalue weighted by Gasteiger charge is -2.26. The molecular formula is C36H26N2O. The Morgan fingerprint density at radius 1 is 0.513 bits per heavy atom. The lowest BCUT2D eigenvalue weighted by molar-refractivity contribution is 1.16. The highest BCUT2D eigenvalue weighted by Gasteiger charge is 2.17. The van der Waals surface area contributed by atoms with E-state index in [1.807, 2.05) is 48.5 Å². The van der Waals surface area contributed by atoms with Crippen molar-refractivity contribution >= 4 is 49.6 Å². The van der Waals surface area contributed by atoms with Gasteiger partial charge in [0.25, 0.3) is 0 Å². The maximum Gasteiger partial charge on any atom is 0.197 e. The molecule has 7 aromatic rings. The fourth-order valence-corrected chi connectivity index (χ4v) is 5.49. The number of hydrogen-bond donors (Lipinski definition) is 0. The maximum absolute atomic E-state index is 13.9. The molecule has 186 valence electrons. The average Bonchev–Trinajstić information content (AvgIpc) is 2.99. The number of para-hydroxylation sites is 2. The molecule has 0 amide bonds. The van der Waals surface area contributed by atoms with Crippen molar-refractivity contribution in [3.05, 3.63) is 155 Å². The summed E-state index contributed by atoms with van der Waals surface area (Å²) < 4.78 is 2.18. The van der Waals surface area contributed by atoms with Crippen molar-refractivity contribution in [3.63, 3.8) is 0 Å². The summed E-state index contributed by atoms with van der Waals surface area (Å²) in [5.41, 5.74) is 7.07. The Kier molecular flexibility index (Phi) is 5.49. The van der Waals surface area contributed by atoms with E-state index in [-0.39, 0.29) is 5.43 Å². The molecule has 0 N–H and O–H groups in total. The van der Waals surface area contributed by atoms with Crippen molar-refractivity contribution in [1.82, 2.24) is 4.57 Å². The molecule has 0 bridgehead atoms. The minimum atomic E-state index is 0.0389. The van der Waals surface area contributed by atoms with Crippen molar-refractivity contribution in [3.8, 4) is 5.69 Å². The van der Waals surface area contributed by atoms with Crippen LogP contribution < -0.4 is 10.3 Å². The van der Waals surface area contributed by atoms with Crippen LogP contribution in [0.25, 0.3) is 38.3 Å². The van der Waals surface area contributed by atoms with E-state index in [1.54, 1.807) is 0 Å². The van der Waals surface area contributed by atoms with Crippen LogP contribution in [0.15, 0.2) is 144 Å². The van der Waals surface area contributed by atoms with E-state index in [2.05, 4.69) is 107 Å². The number of anilines is 3. The van der Waals surface area contributed by atoms with Gasteiger partial charge < -0.3 is 9.47 Å². The van der Waals surface area contributed by atoms with Gasteiger partial charge in [0.05, 0.1) is 11.0 Å². The molecule has 0 fully saturated rings. The Bertz CT molecular complexity index is 2040. The molecule has 39 heavy (non-hydrogen) atoms. The summed E-state index contributed by atoms with van der Waals surface area (Å²) in [7, 11) is 0. The first kappa shape index (κ1) is 23.0. The zero-order chi connectivity index (χ0) is 26.3. The van der Waals surface area contributed by atoms with E-state index in [9.17, 15) is 4.79 Å². The van der Waals surface area contributed by atoms with Gasteiger partial charge in [-0.15, -0.1) is 0 Å². The van der Waals surface area contributed by atoms with Gasteiger partial charge in [-0.3, -0.25) is 4.79 Å². The van der Waals surface area contributed by atoms with Gasteiger partial charge in [0, 0.05) is 33.5 Å². The minimum absolute atomic E-state index is 0.0389. The molecule has 0 atom stereocenters. The van der Waals surface area contributed by atoms with Crippen LogP contribution in [0.2, 0.25) is 0 Å². The lowest BCUT2D eigenvalue weighted by atomic mass is 10.1. The SMILES string of the molecule is Cc1ccc(N(c2ccc3ccccc3c2)c2ccc3c(c2)c(=O)c2ccccc2n3-c2ccccc2)cc1. The van der Waals surface area contributed by atoms with E-state index in [4.69, 9.17) is 0 Å². The molecule has 7 rings (SSSR count). The number of benzene rings is 6. The second kappa shape index (κ2) is 9.30. The molecule has 0 unspecified atom stereocenters. The normalized spacial score (nSPS) is 11.3. The molecule has 0 aliphatic carbocycles. The number of fused-ring (bicyclic) bond motifs is 3. The third-order valence-corrected chi connectivity index (χ3v) is 7.41. The first-order chi connectivity index (χ1) is 19.2. The Labute approximate surface area is 226 Å². The Balaban J connectivity index is 1.51. The highest BCUT2D eigenvalue weighted by molar-refractivity contribution is 5.98. The van der Waals surface area contributed by atoms with Gasteiger partial charge in [-0.2, -0.15) is 0 Å². The predicted octanol–water partition coefficient (Wildman–Crippen LogP) is 9.08. The fraction of sp³-hybridized carbons (Fsp3) is 0.0278. The molecule has 3 nitrogen and oxygen atoms in total. The lowest BCUT2D eigenvalue weighted by Crippen LogP contribution is -2.13. The molecule has 6 aromatic carbocycles. The topological polar surface area (TPSA) is 25.2 Å². The monoisotopic (exact) mass is 502 g/mol. The summed E-state index contributed by atoms with van der Waals surface area (Å²) in [6, 6.07) is 47.8. The van der Waals surface area contributed by atoms with Gasteiger partial charge in [-0.1, -0.05) is 78.4 Å². The van der Waals surface area contributed by atoms with Gasteiger partial charge in [-0.25, -0.2) is 0 Å². The summed E-state index contributed by atoms with van der Waals surface area (Å²) in [4.78, 5) is 16.1. The Hall–Kier alpha value is -5.15. The van der Waals surface area contributed by atoms with Gasteiger partial charge >= 0.3 is 0 Å². The fourth-order valence-electron chi connectivity index (χ4n) is 5.49. The van der Waals surface area contributed by atoms with Gasteiger partial charge in [-0.05, 0) is 84.4 Å². The number of rotatable bonds is 4. The average molecular weight is 503 g/mol. The first-order valence-corrected chi connectivity index (χ1v) is 13.2. The summed E-state index contributed by atoms with van der Waals surface area (Å²) in [5, 5.41) is 3.76. The second-order valence-corrected chi connectivity index (χ2v) is 9.92. The molecule has 1 heterocycles. The molecule has 0 spiro atoms. The van der Waals surface area contributed by atoms with E-state index in [1.165, 1.54) is 16.3 Å². The van der Waals surface area contributed by atoms with E-state index in [0.29, 0.717) is 10.8 Å². The largest absolute Gasteiger partial charge is 0.310 e. The molecular weight excluding hydrogens is 476 g/mol. The van der Waals surface area contributed by atoms with Crippen LogP contribution in [-0.4, -0.2) is 4.57 Å². The van der Waals surface area contributed by atoms with Crippen LogP contribution in [0.5, 0.6) is 0 Å². The number of nitrogens with zero attached hydrogens (tertiary/aromatic N) is 2. The third kappa shape index (κ3) is 3.96. The molecule has 1 aromatic heterocycles. The first-order valence-electron chi connectivity index (χ1n) is 13.2. The number of aryl methyl sites for hydroxylation is 1. The van der Waals surface area contributed by atoms with Crippen LogP contribution in [0.4, 0.5) is 17.1 Å². The maximum atomic E-state index is 13.9. The van der Waals surface area contributed by atoms with Crippen molar-refractivity contribution < 1.29 is 0 Å². The van der Waals surface area contributed by atoms with Crippen molar-refractivity contribution in [2.24, 2.45) is 0 Å². The summed E-state index contributed by atoms with van der Waals surface area (Å²) in [5.74, 6) is 0. The molecule has 0 radical (unpaired) electrons. The van der Waals surface area contributed by atoms with Gasteiger partial charge in [0.2, 0.25) is 0 Å². The summed E-state index contributed by atoms with van der Waals surface area (Å²) in [6.45, 7) is 2.09. The Morgan fingerprint density at radius 2 is 1.13 bits per heavy atom. The molecule has 0 saturated carbocycles. The van der Waals surface area contributed by atoms with Gasteiger partial charge in [0.15, 0.2) is 5.43 Å². The third-order valence-electron chi connectivity index (χ3n) is 7.41. The molecule has 3 heteroatoms. The molecule has 0 aliphatic rings. The summed E-state index contributed by atoms with van der Waals surface area (Å²) in [6.07, 6.45) is 0. The molecule has 0 aliphatic heterocycles. The van der Waals surface area contributed by atoms with Crippen LogP contribution in [0, 0.1) is 6.92 Å².